The first-order valence-electron chi connectivity index (χ1n) is 3.58. The Balaban J connectivity index is 0.000000810. The average molecular weight is 147 g/mol. The number of nitriles is 1. The largest absolute Gasteiger partial charge is 1.00 e. The van der Waals surface area contributed by atoms with Crippen molar-refractivity contribution in [2.75, 3.05) is 0 Å². The maximum absolute atomic E-state index is 8.26. The molecule has 1 rings (SSSR count). The van der Waals surface area contributed by atoms with E-state index in [0.29, 0.717) is 6.04 Å². The summed E-state index contributed by atoms with van der Waals surface area (Å²) in [7, 11) is 0. The summed E-state index contributed by atoms with van der Waals surface area (Å²) >= 11 is 0. The Bertz CT molecular complexity index is 113. The smallest absolute Gasteiger partial charge is 0.321 e. The van der Waals surface area contributed by atoms with Crippen molar-refractivity contribution < 1.29 is 29.6 Å². The molecule has 1 aliphatic rings. The topological polar surface area (TPSA) is 35.8 Å². The van der Waals surface area contributed by atoms with Gasteiger partial charge in [0, 0.05) is 6.04 Å². The van der Waals surface area contributed by atoms with E-state index in [0.717, 1.165) is 0 Å². The summed E-state index contributed by atoms with van der Waals surface area (Å²) in [5.74, 6) is 0. The maximum atomic E-state index is 8.26. The normalized spacial score (nSPS) is 18.7. The van der Waals surface area contributed by atoms with E-state index < -0.39 is 0 Å². The van der Waals surface area contributed by atoms with Crippen LogP contribution in [0, 0.1) is 11.5 Å². The molecule has 0 spiro atoms. The molecule has 0 amide bonds. The van der Waals surface area contributed by atoms with Gasteiger partial charge in [0.25, 0.3) is 0 Å². The first-order chi connectivity index (χ1) is 4.43. The Kier molecular flexibility index (Phi) is 6.20. The quantitative estimate of drug-likeness (QED) is 0.275. The van der Waals surface area contributed by atoms with Crippen LogP contribution in [0.3, 0.4) is 0 Å². The molecule has 0 saturated heterocycles. The molecule has 50 valence electrons. The fourth-order valence-corrected chi connectivity index (χ4v) is 1.34. The van der Waals surface area contributed by atoms with E-state index in [1.807, 2.05) is 6.19 Å². The van der Waals surface area contributed by atoms with Gasteiger partial charge in [-0.05, 0) is 12.8 Å². The number of hydrogen-bond donors (Lipinski definition) is 1. The van der Waals surface area contributed by atoms with Gasteiger partial charge in [-0.1, -0.05) is 19.3 Å². The van der Waals surface area contributed by atoms with Crippen LogP contribution in [-0.4, -0.2) is 6.04 Å². The summed E-state index contributed by atoms with van der Waals surface area (Å²) in [6.07, 6.45) is 8.30. The van der Waals surface area contributed by atoms with Gasteiger partial charge in [-0.25, -0.2) is 0 Å². The minimum atomic E-state index is 0. The van der Waals surface area contributed by atoms with Crippen LogP contribution in [0.4, 0.5) is 0 Å². The number of rotatable bonds is 1. The van der Waals surface area contributed by atoms with Gasteiger partial charge in [-0.2, -0.15) is 5.26 Å². The Morgan fingerprint density at radius 3 is 2.30 bits per heavy atom. The van der Waals surface area contributed by atoms with Crippen molar-refractivity contribution in [2.45, 2.75) is 38.1 Å². The molecule has 0 aliphatic heterocycles. The van der Waals surface area contributed by atoms with Gasteiger partial charge in [0.15, 0.2) is 6.19 Å². The first-order valence-corrected chi connectivity index (χ1v) is 3.58. The second kappa shape index (κ2) is 6.03. The van der Waals surface area contributed by atoms with Crippen molar-refractivity contribution in [1.29, 1.82) is 5.26 Å². The molecule has 2 nitrogen and oxygen atoms in total. The van der Waals surface area contributed by atoms with E-state index in [-0.39, 0.29) is 29.6 Å². The number of nitrogens with one attached hydrogen (secondary N) is 1. The molecule has 1 fully saturated rings. The third kappa shape index (κ3) is 3.46. The Morgan fingerprint density at radius 2 is 1.80 bits per heavy atom. The zero-order chi connectivity index (χ0) is 6.53. The summed E-state index contributed by atoms with van der Waals surface area (Å²) in [5.41, 5.74) is 0. The van der Waals surface area contributed by atoms with Crippen molar-refractivity contribution >= 4 is 0 Å². The summed E-state index contributed by atoms with van der Waals surface area (Å²) in [4.78, 5) is 0. The predicted molar refractivity (Wildman–Crippen MR) is 35.6 cm³/mol. The fraction of sp³-hybridized carbons (Fsp3) is 0.857. The van der Waals surface area contributed by atoms with Crippen molar-refractivity contribution in [3.05, 3.63) is 0 Å². The van der Waals surface area contributed by atoms with Gasteiger partial charge in [-0.15, -0.1) is 0 Å². The maximum Gasteiger partial charge on any atom is 1.00 e. The Labute approximate surface area is 84.3 Å². The Morgan fingerprint density at radius 1 is 1.20 bits per heavy atom. The van der Waals surface area contributed by atoms with Crippen LogP contribution in [-0.2, 0) is 0 Å². The van der Waals surface area contributed by atoms with Crippen LogP contribution in [0.2, 0.25) is 0 Å². The molecule has 0 bridgehead atoms. The van der Waals surface area contributed by atoms with Crippen molar-refractivity contribution in [1.82, 2.24) is 5.32 Å². The van der Waals surface area contributed by atoms with Gasteiger partial charge >= 0.3 is 29.6 Å². The number of hydrogen-bond acceptors (Lipinski definition) is 2. The third-order valence-corrected chi connectivity index (χ3v) is 1.87. The first kappa shape index (κ1) is 10.3. The monoisotopic (exact) mass is 147 g/mol. The molecule has 1 aliphatic carbocycles. The van der Waals surface area contributed by atoms with Crippen LogP contribution in [0.5, 0.6) is 0 Å². The van der Waals surface area contributed by atoms with Crippen molar-refractivity contribution in [3.8, 4) is 6.19 Å². The van der Waals surface area contributed by atoms with Gasteiger partial charge in [0.1, 0.15) is 0 Å². The molecule has 10 heavy (non-hydrogen) atoms. The molecule has 0 aromatic heterocycles. The summed E-state index contributed by atoms with van der Waals surface area (Å²) in [6.45, 7) is 0. The van der Waals surface area contributed by atoms with Gasteiger partial charge < -0.3 is 5.32 Å². The predicted octanol–water partition coefficient (Wildman–Crippen LogP) is -1.61. The van der Waals surface area contributed by atoms with E-state index in [4.69, 9.17) is 5.26 Å². The van der Waals surface area contributed by atoms with E-state index in [1.165, 1.54) is 32.1 Å². The molecule has 1 N–H and O–H groups in total. The molecule has 0 atom stereocenters. The molecule has 1 saturated carbocycles. The molecule has 3 heteroatoms. The van der Waals surface area contributed by atoms with E-state index in [2.05, 4.69) is 5.32 Å². The standard InChI is InChI=1S/C7H12N2.Na/c8-6-9-7-4-2-1-3-5-7;/h7,9H,1-5H2;/q;+1. The second-order valence-corrected chi connectivity index (χ2v) is 2.59. The fourth-order valence-electron chi connectivity index (χ4n) is 1.34. The zero-order valence-corrected chi connectivity index (χ0v) is 8.56. The number of nitrogens with zero attached hydrogens (tertiary/aromatic N) is 1. The van der Waals surface area contributed by atoms with Crippen molar-refractivity contribution in [3.63, 3.8) is 0 Å². The van der Waals surface area contributed by atoms with Crippen LogP contribution in [0.15, 0.2) is 0 Å². The molecular formula is C7H12N2Na+. The summed E-state index contributed by atoms with van der Waals surface area (Å²) < 4.78 is 0. The summed E-state index contributed by atoms with van der Waals surface area (Å²) in [5, 5.41) is 11.0. The molecule has 0 aromatic carbocycles. The Hall–Kier alpha value is 0.290. The molecule has 0 heterocycles. The van der Waals surface area contributed by atoms with Crippen LogP contribution >= 0.6 is 0 Å². The average Bonchev–Trinajstić information content (AvgIpc) is 1.91. The third-order valence-electron chi connectivity index (χ3n) is 1.87. The van der Waals surface area contributed by atoms with Crippen LogP contribution in [0.25, 0.3) is 0 Å². The van der Waals surface area contributed by atoms with Crippen molar-refractivity contribution in [2.24, 2.45) is 0 Å². The summed E-state index contributed by atoms with van der Waals surface area (Å²) in [6, 6.07) is 0.490. The minimum absolute atomic E-state index is 0. The molecule has 0 unspecified atom stereocenters. The van der Waals surface area contributed by atoms with E-state index >= 15 is 0 Å². The van der Waals surface area contributed by atoms with Gasteiger partial charge in [-0.3, -0.25) is 0 Å². The van der Waals surface area contributed by atoms with E-state index in [1.54, 1.807) is 0 Å². The molecule has 0 aromatic rings. The van der Waals surface area contributed by atoms with Crippen LogP contribution in [0.1, 0.15) is 32.1 Å². The zero-order valence-electron chi connectivity index (χ0n) is 6.56. The SMILES string of the molecule is N#CNC1CCCCC1.[Na+]. The van der Waals surface area contributed by atoms with Gasteiger partial charge in [0.05, 0.1) is 0 Å². The molecular weight excluding hydrogens is 135 g/mol. The van der Waals surface area contributed by atoms with Crippen LogP contribution < -0.4 is 34.9 Å². The van der Waals surface area contributed by atoms with E-state index in [9.17, 15) is 0 Å². The second-order valence-electron chi connectivity index (χ2n) is 2.59. The van der Waals surface area contributed by atoms with Gasteiger partial charge in [0.2, 0.25) is 0 Å². The molecule has 0 radical (unpaired) electrons. The minimum Gasteiger partial charge on any atom is -0.321 e.